The summed E-state index contributed by atoms with van der Waals surface area (Å²) in [5.41, 5.74) is 5.94. The summed E-state index contributed by atoms with van der Waals surface area (Å²) in [6, 6.07) is 12.4. The highest BCUT2D eigenvalue weighted by molar-refractivity contribution is 7.80. The molecule has 2 aromatic rings. The molecule has 2 aromatic carbocycles. The van der Waals surface area contributed by atoms with Gasteiger partial charge >= 0.3 is 0 Å². The number of para-hydroxylation sites is 1. The fraction of sp³-hybridized carbons (Fsp3) is 0.333. The van der Waals surface area contributed by atoms with Gasteiger partial charge in [-0.3, -0.25) is 5.43 Å². The van der Waals surface area contributed by atoms with Crippen molar-refractivity contribution in [2.75, 3.05) is 38.7 Å². The Kier molecular flexibility index (Phi) is 7.51. The maximum absolute atomic E-state index is 13.7. The predicted molar refractivity (Wildman–Crippen MR) is 116 cm³/mol. The first-order valence-corrected chi connectivity index (χ1v) is 9.92. The minimum absolute atomic E-state index is 0.223. The quantitative estimate of drug-likeness (QED) is 0.381. The number of anilines is 1. The molecule has 3 rings (SSSR count). The second kappa shape index (κ2) is 10.3. The lowest BCUT2D eigenvalue weighted by Crippen LogP contribution is -3.12. The number of morpholine rings is 1. The van der Waals surface area contributed by atoms with Crippen LogP contribution < -0.4 is 20.4 Å². The van der Waals surface area contributed by atoms with Crippen LogP contribution in [0.5, 0.6) is 5.75 Å². The lowest BCUT2D eigenvalue weighted by Gasteiger charge is -2.24. The number of rotatable bonds is 6. The molecule has 0 unspecified atom stereocenters. The smallest absolute Gasteiger partial charge is 0.191 e. The monoisotopic (exact) mass is 417 g/mol. The second-order valence-electron chi connectivity index (χ2n) is 6.81. The Morgan fingerprint density at radius 3 is 2.72 bits per heavy atom. The van der Waals surface area contributed by atoms with Gasteiger partial charge in [0.15, 0.2) is 5.11 Å². The molecule has 1 saturated heterocycles. The molecule has 3 N–H and O–H groups in total. The fourth-order valence-electron chi connectivity index (χ4n) is 3.16. The molecule has 0 amide bonds. The van der Waals surface area contributed by atoms with Crippen LogP contribution in [-0.4, -0.2) is 44.2 Å². The topological polar surface area (TPSA) is 59.3 Å². The molecular formula is C21H26FN4O2S+. The number of benzene rings is 2. The van der Waals surface area contributed by atoms with E-state index in [1.165, 1.54) is 11.0 Å². The minimum Gasteiger partial charge on any atom is -0.496 e. The predicted octanol–water partition coefficient (Wildman–Crippen LogP) is 1.96. The third-order valence-electron chi connectivity index (χ3n) is 4.79. The van der Waals surface area contributed by atoms with Crippen molar-refractivity contribution in [3.63, 3.8) is 0 Å². The molecule has 0 spiro atoms. The zero-order chi connectivity index (χ0) is 20.6. The molecule has 0 radical (unpaired) electrons. The molecule has 1 aliphatic heterocycles. The van der Waals surface area contributed by atoms with Crippen LogP contribution in [0.4, 0.5) is 10.1 Å². The van der Waals surface area contributed by atoms with Gasteiger partial charge in [0.05, 0.1) is 31.7 Å². The average molecular weight is 418 g/mol. The molecule has 1 fully saturated rings. The Labute approximate surface area is 175 Å². The van der Waals surface area contributed by atoms with E-state index in [0.29, 0.717) is 5.69 Å². The standard InChI is InChI=1S/C21H25FN4O2S/c1-15(24-25-21(29)23-19-6-4-3-5-18(19)22)16-7-8-20(27-2)17(13-16)14-26-9-11-28-12-10-26/h3-8,13H,9-12,14H2,1-2H3,(H2,23,25,29)/p+1/b24-15-. The number of methoxy groups -OCH3 is 1. The molecular weight excluding hydrogens is 391 g/mol. The first kappa shape index (κ1) is 21.2. The first-order valence-electron chi connectivity index (χ1n) is 9.51. The van der Waals surface area contributed by atoms with Crippen LogP contribution in [0.15, 0.2) is 47.6 Å². The third-order valence-corrected chi connectivity index (χ3v) is 4.98. The van der Waals surface area contributed by atoms with Gasteiger partial charge in [-0.1, -0.05) is 12.1 Å². The van der Waals surface area contributed by atoms with Gasteiger partial charge in [0.2, 0.25) is 0 Å². The van der Waals surface area contributed by atoms with Crippen molar-refractivity contribution in [1.82, 2.24) is 5.43 Å². The number of quaternary nitrogens is 1. The summed E-state index contributed by atoms with van der Waals surface area (Å²) >= 11 is 5.21. The van der Waals surface area contributed by atoms with Gasteiger partial charge < -0.3 is 19.7 Å². The van der Waals surface area contributed by atoms with Crippen molar-refractivity contribution in [2.24, 2.45) is 5.10 Å². The maximum Gasteiger partial charge on any atom is 0.191 e. The van der Waals surface area contributed by atoms with Gasteiger partial charge in [0.1, 0.15) is 31.2 Å². The van der Waals surface area contributed by atoms with Crippen molar-refractivity contribution in [1.29, 1.82) is 0 Å². The van der Waals surface area contributed by atoms with E-state index in [9.17, 15) is 4.39 Å². The molecule has 0 aromatic heterocycles. The Hall–Kier alpha value is -2.55. The van der Waals surface area contributed by atoms with Crippen molar-refractivity contribution >= 4 is 28.7 Å². The SMILES string of the molecule is COc1ccc(/C(C)=N\NC(=S)Nc2ccccc2F)cc1C[NH+]1CCOCC1. The van der Waals surface area contributed by atoms with Gasteiger partial charge in [0, 0.05) is 5.56 Å². The van der Waals surface area contributed by atoms with Gasteiger partial charge in [-0.15, -0.1) is 0 Å². The number of nitrogens with zero attached hydrogens (tertiary/aromatic N) is 1. The van der Waals surface area contributed by atoms with E-state index in [1.807, 2.05) is 19.1 Å². The van der Waals surface area contributed by atoms with Crippen LogP contribution in [0, 0.1) is 5.82 Å². The molecule has 29 heavy (non-hydrogen) atoms. The summed E-state index contributed by atoms with van der Waals surface area (Å²) < 4.78 is 24.7. The molecule has 154 valence electrons. The number of ether oxygens (including phenoxy) is 2. The van der Waals surface area contributed by atoms with Crippen LogP contribution in [-0.2, 0) is 11.3 Å². The molecule has 0 saturated carbocycles. The summed E-state index contributed by atoms with van der Waals surface area (Å²) in [6.45, 7) is 6.30. The van der Waals surface area contributed by atoms with Crippen molar-refractivity contribution in [2.45, 2.75) is 13.5 Å². The average Bonchev–Trinajstić information content (AvgIpc) is 2.74. The van der Waals surface area contributed by atoms with Crippen LogP contribution in [0.2, 0.25) is 0 Å². The number of hydrogen-bond acceptors (Lipinski definition) is 4. The Morgan fingerprint density at radius 2 is 2.00 bits per heavy atom. The maximum atomic E-state index is 13.7. The van der Waals surface area contributed by atoms with E-state index in [1.54, 1.807) is 25.3 Å². The summed E-state index contributed by atoms with van der Waals surface area (Å²) in [5.74, 6) is 0.494. The molecule has 0 aliphatic carbocycles. The Balaban J connectivity index is 1.67. The molecule has 6 nitrogen and oxygen atoms in total. The highest BCUT2D eigenvalue weighted by Gasteiger charge is 2.17. The minimum atomic E-state index is -0.372. The van der Waals surface area contributed by atoms with Crippen molar-refractivity contribution in [3.05, 3.63) is 59.4 Å². The van der Waals surface area contributed by atoms with E-state index in [4.69, 9.17) is 21.7 Å². The molecule has 8 heteroatoms. The van der Waals surface area contributed by atoms with E-state index in [-0.39, 0.29) is 10.9 Å². The van der Waals surface area contributed by atoms with E-state index >= 15 is 0 Å². The zero-order valence-corrected chi connectivity index (χ0v) is 17.4. The van der Waals surface area contributed by atoms with Gasteiger partial charge in [-0.2, -0.15) is 5.10 Å². The largest absolute Gasteiger partial charge is 0.496 e. The van der Waals surface area contributed by atoms with Gasteiger partial charge in [-0.05, 0) is 55.0 Å². The third kappa shape index (κ3) is 5.96. The number of thiocarbonyl (C=S) groups is 1. The molecule has 1 aliphatic rings. The van der Waals surface area contributed by atoms with Gasteiger partial charge in [0.25, 0.3) is 0 Å². The van der Waals surface area contributed by atoms with Crippen molar-refractivity contribution < 1.29 is 18.8 Å². The van der Waals surface area contributed by atoms with Crippen LogP contribution in [0.1, 0.15) is 18.1 Å². The lowest BCUT2D eigenvalue weighted by molar-refractivity contribution is -0.921. The second-order valence-corrected chi connectivity index (χ2v) is 7.22. The van der Waals surface area contributed by atoms with E-state index < -0.39 is 0 Å². The molecule has 0 bridgehead atoms. The highest BCUT2D eigenvalue weighted by Crippen LogP contribution is 2.20. The zero-order valence-electron chi connectivity index (χ0n) is 16.6. The van der Waals surface area contributed by atoms with Crippen LogP contribution >= 0.6 is 12.2 Å². The number of hydrogen-bond donors (Lipinski definition) is 3. The highest BCUT2D eigenvalue weighted by atomic mass is 32.1. The van der Waals surface area contributed by atoms with E-state index in [0.717, 1.165) is 55.4 Å². The lowest BCUT2D eigenvalue weighted by atomic mass is 10.1. The summed E-state index contributed by atoms with van der Waals surface area (Å²) in [7, 11) is 1.68. The van der Waals surface area contributed by atoms with Crippen molar-refractivity contribution in [3.8, 4) is 5.75 Å². The molecule has 1 heterocycles. The van der Waals surface area contributed by atoms with Crippen LogP contribution in [0.25, 0.3) is 0 Å². The Morgan fingerprint density at radius 1 is 1.24 bits per heavy atom. The number of hydrazone groups is 1. The molecule has 0 atom stereocenters. The summed E-state index contributed by atoms with van der Waals surface area (Å²) in [5, 5.41) is 7.36. The van der Waals surface area contributed by atoms with E-state index in [2.05, 4.69) is 21.9 Å². The normalized spacial score (nSPS) is 15.1. The van der Waals surface area contributed by atoms with Gasteiger partial charge in [-0.25, -0.2) is 4.39 Å². The summed E-state index contributed by atoms with van der Waals surface area (Å²) in [4.78, 5) is 1.47. The fourth-order valence-corrected chi connectivity index (χ4v) is 3.32. The summed E-state index contributed by atoms with van der Waals surface area (Å²) in [6.07, 6.45) is 0. The first-order chi connectivity index (χ1) is 14.1. The van der Waals surface area contributed by atoms with Crippen LogP contribution in [0.3, 0.4) is 0 Å². The number of halogens is 1. The Bertz CT molecular complexity index is 885. The number of nitrogens with one attached hydrogen (secondary N) is 3.